The number of halogens is 3. The highest BCUT2D eigenvalue weighted by atomic mass is 35.5. The number of anilines is 1. The lowest BCUT2D eigenvalue weighted by atomic mass is 10.0. The van der Waals surface area contributed by atoms with Crippen molar-refractivity contribution in [2.45, 2.75) is 13.8 Å². The van der Waals surface area contributed by atoms with Gasteiger partial charge >= 0.3 is 0 Å². The van der Waals surface area contributed by atoms with Gasteiger partial charge in [0.15, 0.2) is 10.9 Å². The largest absolute Gasteiger partial charge is 0.302 e. The highest BCUT2D eigenvalue weighted by molar-refractivity contribution is 7.22. The minimum Gasteiger partial charge on any atom is -0.302 e. The number of thiazole rings is 1. The quantitative estimate of drug-likeness (QED) is 0.322. The Morgan fingerprint density at radius 3 is 2.47 bits per heavy atom. The number of likely N-dealkylation sites (N-methyl/N-ethyl adjacent to an activating group) is 1. The van der Waals surface area contributed by atoms with E-state index >= 15 is 0 Å². The van der Waals surface area contributed by atoms with E-state index in [1.165, 1.54) is 6.07 Å². The molecular formula is C24H24ClF2N3OS. The molecule has 0 atom stereocenters. The Balaban J connectivity index is 0.00000289. The summed E-state index contributed by atoms with van der Waals surface area (Å²) in [5, 5.41) is 2.18. The van der Waals surface area contributed by atoms with Gasteiger partial charge in [-0.05, 0) is 36.0 Å². The Bertz CT molecular complexity index is 1240. The van der Waals surface area contributed by atoms with Gasteiger partial charge in [-0.15, -0.1) is 12.4 Å². The molecule has 0 N–H and O–H groups in total. The molecule has 0 aliphatic carbocycles. The predicted octanol–water partition coefficient (Wildman–Crippen LogP) is 6.14. The molecule has 4 rings (SSSR count). The Kier molecular flexibility index (Phi) is 7.77. The van der Waals surface area contributed by atoms with E-state index in [9.17, 15) is 13.6 Å². The average Bonchev–Trinajstić information content (AvgIpc) is 3.20. The summed E-state index contributed by atoms with van der Waals surface area (Å²) in [4.78, 5) is 21.8. The first-order chi connectivity index (χ1) is 15.0. The lowest BCUT2D eigenvalue weighted by molar-refractivity contribution is 0.0985. The van der Waals surface area contributed by atoms with E-state index in [1.54, 1.807) is 11.0 Å². The Labute approximate surface area is 195 Å². The molecule has 0 fully saturated rings. The zero-order valence-electron chi connectivity index (χ0n) is 17.8. The highest BCUT2D eigenvalue weighted by Crippen LogP contribution is 2.32. The van der Waals surface area contributed by atoms with Crippen LogP contribution in [0, 0.1) is 11.6 Å². The summed E-state index contributed by atoms with van der Waals surface area (Å²) >= 11 is 1.12. The van der Waals surface area contributed by atoms with Crippen molar-refractivity contribution in [2.24, 2.45) is 0 Å². The molecule has 1 heterocycles. The van der Waals surface area contributed by atoms with Gasteiger partial charge in [-0.3, -0.25) is 9.69 Å². The molecule has 1 aromatic heterocycles. The topological polar surface area (TPSA) is 36.4 Å². The first kappa shape index (κ1) is 24.0. The van der Waals surface area contributed by atoms with Gasteiger partial charge in [-0.1, -0.05) is 61.6 Å². The molecule has 4 aromatic rings. The Morgan fingerprint density at radius 1 is 1.00 bits per heavy atom. The van der Waals surface area contributed by atoms with E-state index in [-0.39, 0.29) is 23.8 Å². The van der Waals surface area contributed by atoms with Gasteiger partial charge in [-0.2, -0.15) is 0 Å². The molecule has 4 nitrogen and oxygen atoms in total. The van der Waals surface area contributed by atoms with Crippen LogP contribution < -0.4 is 4.90 Å². The maximum absolute atomic E-state index is 14.3. The van der Waals surface area contributed by atoms with Crippen molar-refractivity contribution in [1.82, 2.24) is 9.88 Å². The molecule has 0 aliphatic heterocycles. The number of hydrogen-bond donors (Lipinski definition) is 0. The molecule has 0 unspecified atom stereocenters. The first-order valence-electron chi connectivity index (χ1n) is 10.3. The summed E-state index contributed by atoms with van der Waals surface area (Å²) < 4.78 is 28.4. The van der Waals surface area contributed by atoms with Crippen LogP contribution in [0.4, 0.5) is 13.9 Å². The second-order valence-corrected chi connectivity index (χ2v) is 8.25. The highest BCUT2D eigenvalue weighted by Gasteiger charge is 2.24. The van der Waals surface area contributed by atoms with Crippen molar-refractivity contribution in [3.8, 4) is 0 Å². The van der Waals surface area contributed by atoms with Crippen LogP contribution in [0.5, 0.6) is 0 Å². The number of carbonyl (C=O) groups excluding carboxylic acids is 1. The van der Waals surface area contributed by atoms with Crippen molar-refractivity contribution < 1.29 is 13.6 Å². The van der Waals surface area contributed by atoms with Crippen molar-refractivity contribution >= 4 is 55.8 Å². The summed E-state index contributed by atoms with van der Waals surface area (Å²) in [6.45, 7) is 6.88. The maximum Gasteiger partial charge on any atom is 0.260 e. The van der Waals surface area contributed by atoms with Gasteiger partial charge in [0.1, 0.15) is 11.3 Å². The van der Waals surface area contributed by atoms with Gasteiger partial charge in [0, 0.05) is 24.7 Å². The summed E-state index contributed by atoms with van der Waals surface area (Å²) in [6.07, 6.45) is 0. The molecule has 0 radical (unpaired) electrons. The molecule has 0 saturated carbocycles. The zero-order valence-corrected chi connectivity index (χ0v) is 19.5. The Hall–Kier alpha value is -2.61. The monoisotopic (exact) mass is 475 g/mol. The van der Waals surface area contributed by atoms with E-state index in [1.807, 2.05) is 36.4 Å². The molecule has 0 bridgehead atoms. The molecule has 1 amide bonds. The summed E-state index contributed by atoms with van der Waals surface area (Å²) in [6, 6.07) is 15.4. The molecule has 8 heteroatoms. The van der Waals surface area contributed by atoms with Crippen molar-refractivity contribution in [1.29, 1.82) is 0 Å². The van der Waals surface area contributed by atoms with E-state index in [4.69, 9.17) is 0 Å². The smallest absolute Gasteiger partial charge is 0.260 e. The fourth-order valence-corrected chi connectivity index (χ4v) is 4.71. The van der Waals surface area contributed by atoms with E-state index in [2.05, 4.69) is 23.7 Å². The number of amides is 1. The van der Waals surface area contributed by atoms with Crippen LogP contribution >= 0.6 is 23.7 Å². The van der Waals surface area contributed by atoms with E-state index < -0.39 is 11.6 Å². The molecule has 32 heavy (non-hydrogen) atoms. The van der Waals surface area contributed by atoms with Crippen LogP contribution in [-0.4, -0.2) is 42.0 Å². The molecule has 0 spiro atoms. The second-order valence-electron chi connectivity index (χ2n) is 7.24. The summed E-state index contributed by atoms with van der Waals surface area (Å²) in [5.74, 6) is -1.59. The normalized spacial score (nSPS) is 11.2. The first-order valence-corrected chi connectivity index (χ1v) is 11.1. The molecule has 0 saturated heterocycles. The van der Waals surface area contributed by atoms with Gasteiger partial charge < -0.3 is 4.90 Å². The van der Waals surface area contributed by atoms with Gasteiger partial charge in [0.25, 0.3) is 5.91 Å². The maximum atomic E-state index is 14.3. The number of benzene rings is 3. The van der Waals surface area contributed by atoms with Crippen LogP contribution in [0.1, 0.15) is 24.2 Å². The summed E-state index contributed by atoms with van der Waals surface area (Å²) in [5.41, 5.74) is 0.642. The molecule has 0 aliphatic rings. The second kappa shape index (κ2) is 10.3. The Morgan fingerprint density at radius 2 is 1.72 bits per heavy atom. The third kappa shape index (κ3) is 4.75. The van der Waals surface area contributed by atoms with E-state index in [0.29, 0.717) is 28.5 Å². The fraction of sp³-hybridized carbons (Fsp3) is 0.250. The van der Waals surface area contributed by atoms with Crippen LogP contribution in [-0.2, 0) is 0 Å². The van der Waals surface area contributed by atoms with Crippen molar-refractivity contribution in [3.05, 3.63) is 71.8 Å². The third-order valence-electron chi connectivity index (χ3n) is 5.43. The lowest BCUT2D eigenvalue weighted by Crippen LogP contribution is -2.39. The van der Waals surface area contributed by atoms with E-state index in [0.717, 1.165) is 41.3 Å². The minimum absolute atomic E-state index is 0. The number of fused-ring (bicyclic) bond motifs is 2. The van der Waals surface area contributed by atoms with Crippen LogP contribution in [0.25, 0.3) is 21.0 Å². The lowest BCUT2D eigenvalue weighted by Gasteiger charge is -2.25. The SMILES string of the molecule is CCN(CC)CCN(C(=O)c1cccc2ccccc12)c1nc2c(F)cc(F)cc2s1.Cl. The third-order valence-corrected chi connectivity index (χ3v) is 6.46. The zero-order chi connectivity index (χ0) is 22.0. The number of carbonyl (C=O) groups is 1. The van der Waals surface area contributed by atoms with Crippen LogP contribution in [0.3, 0.4) is 0 Å². The van der Waals surface area contributed by atoms with Gasteiger partial charge in [0.05, 0.1) is 4.70 Å². The fourth-order valence-electron chi connectivity index (χ4n) is 3.68. The van der Waals surface area contributed by atoms with Gasteiger partial charge in [0.2, 0.25) is 0 Å². The predicted molar refractivity (Wildman–Crippen MR) is 130 cm³/mol. The number of hydrogen-bond acceptors (Lipinski definition) is 4. The molecule has 168 valence electrons. The number of nitrogens with zero attached hydrogens (tertiary/aromatic N) is 3. The number of rotatable bonds is 7. The van der Waals surface area contributed by atoms with Crippen molar-refractivity contribution in [3.63, 3.8) is 0 Å². The molecular weight excluding hydrogens is 452 g/mol. The van der Waals surface area contributed by atoms with Crippen LogP contribution in [0.2, 0.25) is 0 Å². The van der Waals surface area contributed by atoms with Gasteiger partial charge in [-0.25, -0.2) is 13.8 Å². The van der Waals surface area contributed by atoms with Crippen LogP contribution in [0.15, 0.2) is 54.6 Å². The number of aromatic nitrogens is 1. The average molecular weight is 476 g/mol. The standard InChI is InChI=1S/C24H23F2N3OS.ClH/c1-3-28(4-2)12-13-29(24-27-22-20(26)14-17(25)15-21(22)31-24)23(30)19-11-7-9-16-8-5-6-10-18(16)19;/h5-11,14-15H,3-4,12-13H2,1-2H3;1H. The summed E-state index contributed by atoms with van der Waals surface area (Å²) in [7, 11) is 0. The molecule has 3 aromatic carbocycles. The van der Waals surface area contributed by atoms with Crippen molar-refractivity contribution in [2.75, 3.05) is 31.1 Å². The minimum atomic E-state index is -0.723.